The molecule has 0 spiro atoms. The van der Waals surface area contributed by atoms with Crippen LogP contribution in [-0.4, -0.2) is 28.8 Å². The van der Waals surface area contributed by atoms with Gasteiger partial charge in [0.05, 0.1) is 10.5 Å². The maximum absolute atomic E-state index is 13.3. The minimum atomic E-state index is -0.369. The smallest absolute Gasteiger partial charge is 0.196 e. The van der Waals surface area contributed by atoms with Crippen molar-refractivity contribution in [1.29, 1.82) is 0 Å². The summed E-state index contributed by atoms with van der Waals surface area (Å²) in [5.41, 5.74) is 2.01. The summed E-state index contributed by atoms with van der Waals surface area (Å²) in [4.78, 5) is 31.3. The number of nitrogens with one attached hydrogen (secondary N) is 1. The van der Waals surface area contributed by atoms with Crippen molar-refractivity contribution < 1.29 is 18.7 Å². The highest BCUT2D eigenvalue weighted by Crippen LogP contribution is 2.39. The third-order valence-electron chi connectivity index (χ3n) is 5.83. The van der Waals surface area contributed by atoms with Gasteiger partial charge >= 0.3 is 0 Å². The third kappa shape index (κ3) is 5.20. The number of thioether (sulfide) groups is 1. The van der Waals surface area contributed by atoms with Crippen molar-refractivity contribution in [3.8, 4) is 11.5 Å². The number of hydrogen-bond donors (Lipinski definition) is 1. The lowest BCUT2D eigenvalue weighted by Gasteiger charge is -2.14. The number of halogens is 1. The first kappa shape index (κ1) is 23.1. The predicted molar refractivity (Wildman–Crippen MR) is 135 cm³/mol. The van der Waals surface area contributed by atoms with E-state index in [2.05, 4.69) is 10.3 Å². The molecule has 5 nitrogen and oxygen atoms in total. The maximum atomic E-state index is 13.3. The van der Waals surface area contributed by atoms with Crippen molar-refractivity contribution in [3.05, 3.63) is 95.5 Å². The van der Waals surface area contributed by atoms with E-state index in [4.69, 9.17) is 4.74 Å². The zero-order chi connectivity index (χ0) is 24.2. The molecule has 0 unspecified atom stereocenters. The number of pyridine rings is 1. The number of hydrogen-bond acceptors (Lipinski definition) is 6. The Morgan fingerprint density at radius 3 is 2.66 bits per heavy atom. The quantitative estimate of drug-likeness (QED) is 0.430. The Morgan fingerprint density at radius 2 is 1.86 bits per heavy atom. The van der Waals surface area contributed by atoms with Crippen LogP contribution < -0.4 is 10.1 Å². The summed E-state index contributed by atoms with van der Waals surface area (Å²) in [5, 5.41) is 3.33. The summed E-state index contributed by atoms with van der Waals surface area (Å²) in [6, 6.07) is 14.9. The lowest BCUT2D eigenvalue weighted by atomic mass is 9.88. The lowest BCUT2D eigenvalue weighted by Crippen LogP contribution is -2.18. The second-order valence-corrected chi connectivity index (χ2v) is 9.37. The Morgan fingerprint density at radius 1 is 1.06 bits per heavy atom. The number of allylic oxidation sites excluding steroid dienone is 4. The summed E-state index contributed by atoms with van der Waals surface area (Å²) in [5.74, 6) is 2.31. The highest BCUT2D eigenvalue weighted by atomic mass is 32.2. The SMILES string of the molecule is O=C(Cc1ccc(Oc2ccnc3c2SCCCN3)cc1)C1=CCC=C(c2ccc(F)cc2)C1=O. The van der Waals surface area contributed by atoms with Crippen molar-refractivity contribution in [2.45, 2.75) is 24.2 Å². The first-order chi connectivity index (χ1) is 17.1. The van der Waals surface area contributed by atoms with Gasteiger partial charge in [-0.3, -0.25) is 9.59 Å². The Hall–Kier alpha value is -3.71. The van der Waals surface area contributed by atoms with Crippen LogP contribution in [0.5, 0.6) is 11.5 Å². The molecule has 0 saturated carbocycles. The summed E-state index contributed by atoms with van der Waals surface area (Å²) >= 11 is 1.73. The van der Waals surface area contributed by atoms with Crippen LogP contribution in [0.2, 0.25) is 0 Å². The minimum absolute atomic E-state index is 0.110. The average molecular weight is 487 g/mol. The van der Waals surface area contributed by atoms with Gasteiger partial charge in [0.25, 0.3) is 0 Å². The van der Waals surface area contributed by atoms with Crippen LogP contribution in [0.4, 0.5) is 10.2 Å². The van der Waals surface area contributed by atoms with E-state index in [-0.39, 0.29) is 29.4 Å². The van der Waals surface area contributed by atoms with Gasteiger partial charge in [-0.05, 0) is 54.0 Å². The summed E-state index contributed by atoms with van der Waals surface area (Å²) in [6.07, 6.45) is 6.81. The van der Waals surface area contributed by atoms with Crippen LogP contribution in [0.1, 0.15) is 24.0 Å². The number of rotatable bonds is 6. The number of anilines is 1. The van der Waals surface area contributed by atoms with Gasteiger partial charge in [0, 0.05) is 30.8 Å². The van der Waals surface area contributed by atoms with Gasteiger partial charge in [-0.1, -0.05) is 36.4 Å². The molecule has 1 aliphatic carbocycles. The average Bonchev–Trinajstić information content (AvgIpc) is 3.12. The topological polar surface area (TPSA) is 68.3 Å². The Bertz CT molecular complexity index is 1330. The van der Waals surface area contributed by atoms with E-state index in [0.717, 1.165) is 40.7 Å². The normalized spacial score (nSPS) is 15.3. The number of fused-ring (bicyclic) bond motifs is 1. The molecule has 1 N–H and O–H groups in total. The van der Waals surface area contributed by atoms with Gasteiger partial charge in [-0.15, -0.1) is 11.8 Å². The molecule has 0 fully saturated rings. The fourth-order valence-corrected chi connectivity index (χ4v) is 5.06. The molecule has 2 aliphatic rings. The highest BCUT2D eigenvalue weighted by molar-refractivity contribution is 7.99. The Balaban J connectivity index is 1.25. The molecule has 0 bridgehead atoms. The van der Waals surface area contributed by atoms with Crippen molar-refractivity contribution in [3.63, 3.8) is 0 Å². The molecule has 0 radical (unpaired) electrons. The highest BCUT2D eigenvalue weighted by Gasteiger charge is 2.25. The Labute approximate surface area is 207 Å². The third-order valence-corrected chi connectivity index (χ3v) is 7.01. The lowest BCUT2D eigenvalue weighted by molar-refractivity contribution is -0.118. The number of ether oxygens (including phenoxy) is 1. The number of nitrogens with zero attached hydrogens (tertiary/aromatic N) is 1. The molecule has 0 atom stereocenters. The molecule has 0 amide bonds. The minimum Gasteiger partial charge on any atom is -0.456 e. The van der Waals surface area contributed by atoms with E-state index < -0.39 is 0 Å². The second-order valence-electron chi connectivity index (χ2n) is 8.27. The van der Waals surface area contributed by atoms with Crippen LogP contribution >= 0.6 is 11.8 Å². The first-order valence-electron chi connectivity index (χ1n) is 11.4. The van der Waals surface area contributed by atoms with Gasteiger partial charge in [-0.25, -0.2) is 9.37 Å². The number of carbonyl (C=O) groups is 2. The fourth-order valence-electron chi connectivity index (χ4n) is 4.06. The molecule has 1 aromatic heterocycles. The maximum Gasteiger partial charge on any atom is 0.196 e. The van der Waals surface area contributed by atoms with Crippen LogP contribution in [0.3, 0.4) is 0 Å². The van der Waals surface area contributed by atoms with E-state index in [1.807, 2.05) is 30.3 Å². The number of benzene rings is 2. The van der Waals surface area contributed by atoms with Crippen molar-refractivity contribution >= 4 is 34.7 Å². The van der Waals surface area contributed by atoms with Gasteiger partial charge in [0.1, 0.15) is 23.1 Å². The molecule has 2 aromatic carbocycles. The van der Waals surface area contributed by atoms with E-state index in [1.54, 1.807) is 42.2 Å². The monoisotopic (exact) mass is 486 g/mol. The molecule has 1 aliphatic heterocycles. The van der Waals surface area contributed by atoms with Crippen molar-refractivity contribution in [1.82, 2.24) is 4.98 Å². The molecule has 7 heteroatoms. The predicted octanol–water partition coefficient (Wildman–Crippen LogP) is 6.02. The van der Waals surface area contributed by atoms with Crippen LogP contribution in [-0.2, 0) is 16.0 Å². The molecule has 5 rings (SSSR count). The van der Waals surface area contributed by atoms with Crippen molar-refractivity contribution in [2.24, 2.45) is 0 Å². The molecular formula is C28H23FN2O3S. The summed E-state index contributed by atoms with van der Waals surface area (Å²) in [7, 11) is 0. The van der Waals surface area contributed by atoms with E-state index in [9.17, 15) is 14.0 Å². The largest absolute Gasteiger partial charge is 0.456 e. The van der Waals surface area contributed by atoms with Gasteiger partial charge < -0.3 is 10.1 Å². The zero-order valence-corrected chi connectivity index (χ0v) is 19.7. The molecular weight excluding hydrogens is 463 g/mol. The zero-order valence-electron chi connectivity index (χ0n) is 18.9. The summed E-state index contributed by atoms with van der Waals surface area (Å²) in [6.45, 7) is 0.888. The molecule has 3 aromatic rings. The Kier molecular flexibility index (Phi) is 6.77. The van der Waals surface area contributed by atoms with Gasteiger partial charge in [-0.2, -0.15) is 0 Å². The van der Waals surface area contributed by atoms with E-state index in [1.165, 1.54) is 12.1 Å². The van der Waals surface area contributed by atoms with Crippen LogP contribution in [0.25, 0.3) is 5.57 Å². The van der Waals surface area contributed by atoms with Gasteiger partial charge in [0.2, 0.25) is 0 Å². The van der Waals surface area contributed by atoms with E-state index >= 15 is 0 Å². The van der Waals surface area contributed by atoms with Crippen molar-refractivity contribution in [2.75, 3.05) is 17.6 Å². The van der Waals surface area contributed by atoms with Crippen LogP contribution in [0.15, 0.2) is 83.4 Å². The summed E-state index contributed by atoms with van der Waals surface area (Å²) < 4.78 is 19.4. The van der Waals surface area contributed by atoms with Gasteiger partial charge in [0.15, 0.2) is 11.6 Å². The molecule has 2 heterocycles. The number of ketones is 2. The number of aromatic nitrogens is 1. The second kappa shape index (κ2) is 10.3. The first-order valence-corrected chi connectivity index (χ1v) is 12.4. The fraction of sp³-hybridized carbons (Fsp3) is 0.179. The molecule has 176 valence electrons. The number of Topliss-reactive ketones (excluding diaryl/α,β-unsaturated/α-hetero) is 2. The van der Waals surface area contributed by atoms with E-state index in [0.29, 0.717) is 23.3 Å². The molecule has 0 saturated heterocycles. The number of carbonyl (C=O) groups excluding carboxylic acids is 2. The standard InChI is InChI=1S/C28H23FN2O3S/c29-20-9-7-19(8-10-20)22-3-1-4-23(26(22)33)24(32)17-18-5-11-21(12-6-18)34-25-13-15-31-28-27(25)35-16-2-14-30-28/h3-13,15H,1-2,14,16-17H2,(H,30,31). The van der Waals surface area contributed by atoms with Crippen LogP contribution in [0, 0.1) is 5.82 Å². The molecule has 35 heavy (non-hydrogen) atoms.